The molecule has 0 saturated heterocycles. The van der Waals surface area contributed by atoms with E-state index in [2.05, 4.69) is 28.3 Å². The van der Waals surface area contributed by atoms with Crippen molar-refractivity contribution in [1.29, 1.82) is 0 Å². The lowest BCUT2D eigenvalue weighted by molar-refractivity contribution is 0.282. The number of fused-ring (bicyclic) bond motifs is 1. The normalized spacial score (nSPS) is 18.5. The number of thiophene rings is 1. The van der Waals surface area contributed by atoms with Gasteiger partial charge in [0.1, 0.15) is 5.82 Å². The molecule has 2 aromatic heterocycles. The molecule has 0 saturated carbocycles. The summed E-state index contributed by atoms with van der Waals surface area (Å²) >= 11 is 7.82. The number of aromatic nitrogens is 1. The summed E-state index contributed by atoms with van der Waals surface area (Å²) in [5, 5.41) is 12.0. The van der Waals surface area contributed by atoms with Crippen LogP contribution in [-0.4, -0.2) is 16.6 Å². The Morgan fingerprint density at radius 1 is 1.58 bits per heavy atom. The van der Waals surface area contributed by atoms with E-state index in [9.17, 15) is 5.11 Å². The standard InChI is InChI=1S/C14H15ClN2OS/c1-9-11-3-5-19-13(11)2-4-17(9)14-6-10(8-18)12(15)7-16-14/h3,5-7,9,18H,2,4,8H2,1H3. The number of hydrogen-bond acceptors (Lipinski definition) is 4. The average Bonchev–Trinajstić information content (AvgIpc) is 2.89. The highest BCUT2D eigenvalue weighted by Crippen LogP contribution is 2.35. The van der Waals surface area contributed by atoms with Gasteiger partial charge in [0.05, 0.1) is 17.7 Å². The van der Waals surface area contributed by atoms with Crippen molar-refractivity contribution in [1.82, 2.24) is 4.98 Å². The van der Waals surface area contributed by atoms with E-state index >= 15 is 0 Å². The molecule has 0 radical (unpaired) electrons. The lowest BCUT2D eigenvalue weighted by Gasteiger charge is -2.34. The van der Waals surface area contributed by atoms with Crippen molar-refractivity contribution in [2.75, 3.05) is 11.4 Å². The molecule has 0 bridgehead atoms. The molecule has 1 atom stereocenters. The van der Waals surface area contributed by atoms with Gasteiger partial charge in [-0.2, -0.15) is 0 Å². The maximum Gasteiger partial charge on any atom is 0.129 e. The first-order valence-corrected chi connectivity index (χ1v) is 7.54. The Morgan fingerprint density at radius 3 is 3.21 bits per heavy atom. The Morgan fingerprint density at radius 2 is 2.42 bits per heavy atom. The summed E-state index contributed by atoms with van der Waals surface area (Å²) in [6.07, 6.45) is 2.68. The predicted molar refractivity (Wildman–Crippen MR) is 79.0 cm³/mol. The van der Waals surface area contributed by atoms with Crippen molar-refractivity contribution in [3.05, 3.63) is 44.7 Å². The van der Waals surface area contributed by atoms with E-state index in [0.29, 0.717) is 11.1 Å². The van der Waals surface area contributed by atoms with Crippen molar-refractivity contribution >= 4 is 28.8 Å². The number of aliphatic hydroxyl groups excluding tert-OH is 1. The maximum absolute atomic E-state index is 9.30. The number of anilines is 1. The summed E-state index contributed by atoms with van der Waals surface area (Å²) in [6, 6.07) is 4.39. The highest BCUT2D eigenvalue weighted by molar-refractivity contribution is 7.10. The van der Waals surface area contributed by atoms with Crippen LogP contribution in [0.15, 0.2) is 23.7 Å². The number of hydrogen-bond donors (Lipinski definition) is 1. The van der Waals surface area contributed by atoms with Crippen molar-refractivity contribution in [3.63, 3.8) is 0 Å². The summed E-state index contributed by atoms with van der Waals surface area (Å²) in [4.78, 5) is 8.15. The number of nitrogens with zero attached hydrogens (tertiary/aromatic N) is 2. The van der Waals surface area contributed by atoms with E-state index < -0.39 is 0 Å². The average molecular weight is 295 g/mol. The first kappa shape index (κ1) is 12.9. The van der Waals surface area contributed by atoms with Gasteiger partial charge in [0, 0.05) is 23.2 Å². The third-order valence-electron chi connectivity index (χ3n) is 3.66. The van der Waals surface area contributed by atoms with Crippen LogP contribution in [0.4, 0.5) is 5.82 Å². The van der Waals surface area contributed by atoms with Gasteiger partial charge in [-0.3, -0.25) is 0 Å². The smallest absolute Gasteiger partial charge is 0.129 e. The number of rotatable bonds is 2. The van der Waals surface area contributed by atoms with Gasteiger partial charge in [0.25, 0.3) is 0 Å². The molecule has 3 nitrogen and oxygen atoms in total. The van der Waals surface area contributed by atoms with E-state index in [4.69, 9.17) is 11.6 Å². The van der Waals surface area contributed by atoms with Gasteiger partial charge >= 0.3 is 0 Å². The molecule has 1 aliphatic heterocycles. The molecule has 3 heterocycles. The van der Waals surface area contributed by atoms with Crippen LogP contribution in [0.25, 0.3) is 0 Å². The summed E-state index contributed by atoms with van der Waals surface area (Å²) in [7, 11) is 0. The number of pyridine rings is 1. The van der Waals surface area contributed by atoms with Crippen LogP contribution in [0.3, 0.4) is 0 Å². The summed E-state index contributed by atoms with van der Waals surface area (Å²) in [5.74, 6) is 0.887. The molecule has 5 heteroatoms. The van der Waals surface area contributed by atoms with Gasteiger partial charge in [-0.05, 0) is 36.4 Å². The molecule has 0 spiro atoms. The minimum atomic E-state index is -0.0553. The first-order chi connectivity index (χ1) is 9.20. The van der Waals surface area contributed by atoms with Crippen molar-refractivity contribution in [2.24, 2.45) is 0 Å². The molecule has 0 amide bonds. The SMILES string of the molecule is CC1c2ccsc2CCN1c1cc(CO)c(Cl)cn1. The third kappa shape index (κ3) is 2.24. The molecular weight excluding hydrogens is 280 g/mol. The van der Waals surface area contributed by atoms with Gasteiger partial charge in [0.2, 0.25) is 0 Å². The van der Waals surface area contributed by atoms with Crippen LogP contribution in [0.5, 0.6) is 0 Å². The molecule has 1 aliphatic rings. The molecule has 19 heavy (non-hydrogen) atoms. The van der Waals surface area contributed by atoms with Crippen LogP contribution < -0.4 is 4.90 Å². The first-order valence-electron chi connectivity index (χ1n) is 6.29. The fourth-order valence-electron chi connectivity index (χ4n) is 2.57. The molecule has 100 valence electrons. The van der Waals surface area contributed by atoms with Crippen LogP contribution in [0.1, 0.15) is 29.0 Å². The van der Waals surface area contributed by atoms with Crippen LogP contribution in [-0.2, 0) is 13.0 Å². The zero-order valence-corrected chi connectivity index (χ0v) is 12.2. The topological polar surface area (TPSA) is 36.4 Å². The van der Waals surface area contributed by atoms with E-state index in [1.54, 1.807) is 6.20 Å². The minimum absolute atomic E-state index is 0.0553. The second-order valence-corrected chi connectivity index (χ2v) is 6.12. The van der Waals surface area contributed by atoms with Crippen molar-refractivity contribution in [2.45, 2.75) is 26.0 Å². The Kier molecular flexibility index (Phi) is 3.48. The Balaban J connectivity index is 1.95. The molecule has 2 aromatic rings. The monoisotopic (exact) mass is 294 g/mol. The van der Waals surface area contributed by atoms with Gasteiger partial charge in [-0.25, -0.2) is 4.98 Å². The molecule has 0 fully saturated rings. The highest BCUT2D eigenvalue weighted by atomic mass is 35.5. The second-order valence-electron chi connectivity index (χ2n) is 4.71. The quantitative estimate of drug-likeness (QED) is 0.922. The molecular formula is C14H15ClN2OS. The molecule has 1 unspecified atom stereocenters. The van der Waals surface area contributed by atoms with E-state index in [1.807, 2.05) is 17.4 Å². The highest BCUT2D eigenvalue weighted by Gasteiger charge is 2.25. The van der Waals surface area contributed by atoms with Crippen LogP contribution in [0.2, 0.25) is 5.02 Å². The summed E-state index contributed by atoms with van der Waals surface area (Å²) < 4.78 is 0. The van der Waals surface area contributed by atoms with Gasteiger partial charge in [-0.15, -0.1) is 11.3 Å². The fourth-order valence-corrected chi connectivity index (χ4v) is 3.69. The molecule has 0 aromatic carbocycles. The van der Waals surface area contributed by atoms with Gasteiger partial charge in [-0.1, -0.05) is 11.6 Å². The molecule has 0 aliphatic carbocycles. The molecule has 1 N–H and O–H groups in total. The number of aliphatic hydroxyl groups is 1. The van der Waals surface area contributed by atoms with Crippen LogP contribution in [0, 0.1) is 0 Å². The van der Waals surface area contributed by atoms with Crippen molar-refractivity contribution < 1.29 is 5.11 Å². The Hall–Kier alpha value is -1.10. The van der Waals surface area contributed by atoms with E-state index in [1.165, 1.54) is 10.4 Å². The van der Waals surface area contributed by atoms with Gasteiger partial charge < -0.3 is 10.0 Å². The lowest BCUT2D eigenvalue weighted by atomic mass is 10.0. The lowest BCUT2D eigenvalue weighted by Crippen LogP contribution is -2.33. The van der Waals surface area contributed by atoms with Crippen molar-refractivity contribution in [3.8, 4) is 0 Å². The predicted octanol–water partition coefficient (Wildman–Crippen LogP) is 3.41. The van der Waals surface area contributed by atoms with Crippen LogP contribution >= 0.6 is 22.9 Å². The molecule has 3 rings (SSSR count). The Bertz CT molecular complexity index is 599. The van der Waals surface area contributed by atoms with E-state index in [-0.39, 0.29) is 6.61 Å². The van der Waals surface area contributed by atoms with E-state index in [0.717, 1.165) is 24.3 Å². The second kappa shape index (κ2) is 5.12. The summed E-state index contributed by atoms with van der Waals surface area (Å²) in [6.45, 7) is 3.09. The zero-order chi connectivity index (χ0) is 13.4. The maximum atomic E-state index is 9.30. The third-order valence-corrected chi connectivity index (χ3v) is 5.00. The zero-order valence-electron chi connectivity index (χ0n) is 10.6. The minimum Gasteiger partial charge on any atom is -0.392 e. The Labute approximate surface area is 121 Å². The van der Waals surface area contributed by atoms with Gasteiger partial charge in [0.15, 0.2) is 0 Å². The number of halogens is 1. The summed E-state index contributed by atoms with van der Waals surface area (Å²) in [5.41, 5.74) is 2.12. The largest absolute Gasteiger partial charge is 0.392 e. The fraction of sp³-hybridized carbons (Fsp3) is 0.357.